The summed E-state index contributed by atoms with van der Waals surface area (Å²) in [4.78, 5) is 16.4. The summed E-state index contributed by atoms with van der Waals surface area (Å²) in [5.74, 6) is -0.352. The van der Waals surface area contributed by atoms with E-state index in [-0.39, 0.29) is 17.2 Å². The van der Waals surface area contributed by atoms with Crippen LogP contribution in [0.25, 0.3) is 10.9 Å². The number of aryl methyl sites for hydroxylation is 1. The van der Waals surface area contributed by atoms with Crippen molar-refractivity contribution in [2.45, 2.75) is 30.7 Å². The Balaban J connectivity index is 1.47. The summed E-state index contributed by atoms with van der Waals surface area (Å²) < 4.78 is 28.5. The molecule has 0 fully saturated rings. The molecular formula is C26H27N3O3S. The number of hydrogen-bond donors (Lipinski definition) is 3. The van der Waals surface area contributed by atoms with Gasteiger partial charge in [0.15, 0.2) is 0 Å². The van der Waals surface area contributed by atoms with E-state index in [1.165, 1.54) is 0 Å². The van der Waals surface area contributed by atoms with Crippen molar-refractivity contribution in [3.63, 3.8) is 0 Å². The fraction of sp³-hybridized carbons (Fsp3) is 0.192. The first-order chi connectivity index (χ1) is 15.9. The molecule has 0 spiro atoms. The molecule has 4 rings (SSSR count). The third kappa shape index (κ3) is 5.69. The smallest absolute Gasteiger partial charge is 0.241 e. The minimum Gasteiger partial charge on any atom is -0.361 e. The Morgan fingerprint density at radius 3 is 2.39 bits per heavy atom. The van der Waals surface area contributed by atoms with Crippen LogP contribution in [0, 0.1) is 6.92 Å². The number of para-hydroxylation sites is 1. The number of benzene rings is 3. The van der Waals surface area contributed by atoms with Gasteiger partial charge in [0, 0.05) is 23.6 Å². The molecule has 0 saturated carbocycles. The van der Waals surface area contributed by atoms with Gasteiger partial charge in [0.2, 0.25) is 15.9 Å². The van der Waals surface area contributed by atoms with Crippen LogP contribution in [-0.4, -0.2) is 31.9 Å². The van der Waals surface area contributed by atoms with Gasteiger partial charge in [-0.25, -0.2) is 8.42 Å². The number of aromatic nitrogens is 1. The van der Waals surface area contributed by atoms with E-state index in [9.17, 15) is 13.2 Å². The van der Waals surface area contributed by atoms with E-state index in [2.05, 4.69) is 15.0 Å². The number of amides is 1. The van der Waals surface area contributed by atoms with Crippen LogP contribution in [0.2, 0.25) is 0 Å². The molecule has 0 bridgehead atoms. The number of fused-ring (bicyclic) bond motifs is 1. The van der Waals surface area contributed by atoms with Crippen molar-refractivity contribution in [3.8, 4) is 0 Å². The average Bonchev–Trinajstić information content (AvgIpc) is 3.22. The van der Waals surface area contributed by atoms with Gasteiger partial charge >= 0.3 is 0 Å². The van der Waals surface area contributed by atoms with Crippen LogP contribution in [0.5, 0.6) is 0 Å². The first kappa shape index (κ1) is 22.8. The van der Waals surface area contributed by atoms with Crippen molar-refractivity contribution in [1.29, 1.82) is 0 Å². The zero-order chi connectivity index (χ0) is 23.3. The molecule has 0 radical (unpaired) electrons. The predicted octanol–water partition coefficient (Wildman–Crippen LogP) is 3.72. The fourth-order valence-corrected chi connectivity index (χ4v) is 4.99. The first-order valence-corrected chi connectivity index (χ1v) is 12.4. The normalized spacial score (nSPS) is 12.5. The second kappa shape index (κ2) is 10.0. The van der Waals surface area contributed by atoms with Crippen molar-refractivity contribution < 1.29 is 13.2 Å². The van der Waals surface area contributed by atoms with E-state index in [1.807, 2.05) is 67.7 Å². The molecular weight excluding hydrogens is 434 g/mol. The number of hydrogen-bond acceptors (Lipinski definition) is 3. The maximum absolute atomic E-state index is 13.1. The van der Waals surface area contributed by atoms with Gasteiger partial charge in [-0.3, -0.25) is 4.79 Å². The minimum atomic E-state index is -3.85. The predicted molar refractivity (Wildman–Crippen MR) is 130 cm³/mol. The molecule has 6 nitrogen and oxygen atoms in total. The number of sulfonamides is 1. The molecule has 7 heteroatoms. The monoisotopic (exact) mass is 461 g/mol. The highest BCUT2D eigenvalue weighted by Gasteiger charge is 2.26. The van der Waals surface area contributed by atoms with E-state index in [0.29, 0.717) is 13.0 Å². The molecule has 4 aromatic rings. The van der Waals surface area contributed by atoms with Crippen molar-refractivity contribution >= 4 is 26.8 Å². The standard InChI is InChI=1S/C26H27N3O3S/c1-19-11-13-22(14-12-19)33(31,32)29-25(17-20-7-3-2-4-8-20)26(30)27-16-15-21-18-28-24-10-6-5-9-23(21)24/h2-14,18,25,28-29H,15-17H2,1H3,(H,27,30). The highest BCUT2D eigenvalue weighted by atomic mass is 32.2. The summed E-state index contributed by atoms with van der Waals surface area (Å²) in [6, 6.07) is 23.0. The summed E-state index contributed by atoms with van der Waals surface area (Å²) in [5.41, 5.74) is 3.99. The Kier molecular flexibility index (Phi) is 6.91. The molecule has 0 aliphatic carbocycles. The minimum absolute atomic E-state index is 0.137. The summed E-state index contributed by atoms with van der Waals surface area (Å²) in [5, 5.41) is 4.03. The summed E-state index contributed by atoms with van der Waals surface area (Å²) in [7, 11) is -3.85. The molecule has 1 heterocycles. The first-order valence-electron chi connectivity index (χ1n) is 10.9. The number of carbonyl (C=O) groups is 1. The number of H-pyrrole nitrogens is 1. The maximum atomic E-state index is 13.1. The molecule has 1 atom stereocenters. The molecule has 0 saturated heterocycles. The molecule has 0 aliphatic heterocycles. The van der Waals surface area contributed by atoms with E-state index in [0.717, 1.165) is 27.6 Å². The third-order valence-corrected chi connectivity index (χ3v) is 7.08. The van der Waals surface area contributed by atoms with Crippen LogP contribution >= 0.6 is 0 Å². The van der Waals surface area contributed by atoms with Crippen molar-refractivity contribution in [1.82, 2.24) is 15.0 Å². The second-order valence-electron chi connectivity index (χ2n) is 8.08. The SMILES string of the molecule is Cc1ccc(S(=O)(=O)NC(Cc2ccccc2)C(=O)NCCc2c[nH]c3ccccc23)cc1. The number of aromatic amines is 1. The van der Waals surface area contributed by atoms with Gasteiger partial charge in [-0.2, -0.15) is 4.72 Å². The zero-order valence-corrected chi connectivity index (χ0v) is 19.2. The van der Waals surface area contributed by atoms with Crippen molar-refractivity contribution in [3.05, 3.63) is 102 Å². The van der Waals surface area contributed by atoms with E-state index >= 15 is 0 Å². The number of nitrogens with one attached hydrogen (secondary N) is 3. The molecule has 170 valence electrons. The molecule has 1 amide bonds. The maximum Gasteiger partial charge on any atom is 0.241 e. The Labute approximate surface area is 194 Å². The molecule has 1 unspecified atom stereocenters. The van der Waals surface area contributed by atoms with Gasteiger partial charge in [0.1, 0.15) is 6.04 Å². The highest BCUT2D eigenvalue weighted by molar-refractivity contribution is 7.89. The largest absolute Gasteiger partial charge is 0.361 e. The lowest BCUT2D eigenvalue weighted by atomic mass is 10.1. The molecule has 0 aliphatic rings. The Morgan fingerprint density at radius 1 is 0.939 bits per heavy atom. The van der Waals surface area contributed by atoms with Crippen molar-refractivity contribution in [2.24, 2.45) is 0 Å². The van der Waals surface area contributed by atoms with Crippen LogP contribution in [0.1, 0.15) is 16.7 Å². The van der Waals surface area contributed by atoms with E-state index < -0.39 is 16.1 Å². The summed E-state index contributed by atoms with van der Waals surface area (Å²) >= 11 is 0. The Bertz CT molecular complexity index is 1330. The second-order valence-corrected chi connectivity index (χ2v) is 9.79. The summed E-state index contributed by atoms with van der Waals surface area (Å²) in [6.45, 7) is 2.29. The van der Waals surface area contributed by atoms with Gasteiger partial charge < -0.3 is 10.3 Å². The zero-order valence-electron chi connectivity index (χ0n) is 18.4. The third-order valence-electron chi connectivity index (χ3n) is 5.60. The lowest BCUT2D eigenvalue weighted by molar-refractivity contribution is -0.122. The molecule has 1 aromatic heterocycles. The van der Waals surface area contributed by atoms with Gasteiger partial charge in [-0.15, -0.1) is 0 Å². The molecule has 33 heavy (non-hydrogen) atoms. The van der Waals surface area contributed by atoms with Gasteiger partial charge in [0.25, 0.3) is 0 Å². The Hall–Kier alpha value is -3.42. The van der Waals surface area contributed by atoms with E-state index in [4.69, 9.17) is 0 Å². The van der Waals surface area contributed by atoms with Crippen LogP contribution in [0.4, 0.5) is 0 Å². The molecule has 3 aromatic carbocycles. The Morgan fingerprint density at radius 2 is 1.64 bits per heavy atom. The lowest BCUT2D eigenvalue weighted by Gasteiger charge is -2.19. The number of carbonyl (C=O) groups excluding carboxylic acids is 1. The quantitative estimate of drug-likeness (QED) is 0.355. The van der Waals surface area contributed by atoms with Gasteiger partial charge in [-0.1, -0.05) is 66.2 Å². The summed E-state index contributed by atoms with van der Waals surface area (Å²) in [6.07, 6.45) is 2.84. The fourth-order valence-electron chi connectivity index (χ4n) is 3.79. The van der Waals surface area contributed by atoms with Crippen LogP contribution in [-0.2, 0) is 27.7 Å². The average molecular weight is 462 g/mol. The van der Waals surface area contributed by atoms with E-state index in [1.54, 1.807) is 24.3 Å². The number of rotatable bonds is 9. The highest BCUT2D eigenvalue weighted by Crippen LogP contribution is 2.18. The van der Waals surface area contributed by atoms with Gasteiger partial charge in [-0.05, 0) is 49.1 Å². The van der Waals surface area contributed by atoms with Crippen LogP contribution < -0.4 is 10.0 Å². The van der Waals surface area contributed by atoms with Crippen molar-refractivity contribution in [2.75, 3.05) is 6.54 Å². The lowest BCUT2D eigenvalue weighted by Crippen LogP contribution is -2.48. The van der Waals surface area contributed by atoms with Crippen LogP contribution in [0.15, 0.2) is 90.0 Å². The van der Waals surface area contributed by atoms with Gasteiger partial charge in [0.05, 0.1) is 4.90 Å². The van der Waals surface area contributed by atoms with Crippen LogP contribution in [0.3, 0.4) is 0 Å². The topological polar surface area (TPSA) is 91.1 Å². The molecule has 3 N–H and O–H groups in total.